The van der Waals surface area contributed by atoms with Crippen LogP contribution in [-0.4, -0.2) is 29.9 Å². The van der Waals surface area contributed by atoms with Crippen molar-refractivity contribution >= 4 is 11.6 Å². The van der Waals surface area contributed by atoms with Crippen LogP contribution in [0.4, 0.5) is 5.69 Å². The number of likely N-dealkylation sites (tertiary alicyclic amines) is 1. The lowest BCUT2D eigenvalue weighted by atomic mass is 9.79. The Labute approximate surface area is 121 Å². The zero-order valence-electron chi connectivity index (χ0n) is 12.6. The van der Waals surface area contributed by atoms with E-state index in [-0.39, 0.29) is 17.4 Å². The quantitative estimate of drug-likeness (QED) is 0.889. The van der Waals surface area contributed by atoms with Gasteiger partial charge in [0.25, 0.3) is 0 Å². The zero-order chi connectivity index (χ0) is 14.8. The van der Waals surface area contributed by atoms with Crippen LogP contribution in [-0.2, 0) is 11.3 Å². The first-order valence-electron chi connectivity index (χ1n) is 7.22. The normalized spacial score (nSPS) is 22.5. The van der Waals surface area contributed by atoms with Crippen LogP contribution in [0.2, 0.25) is 0 Å². The van der Waals surface area contributed by atoms with Gasteiger partial charge in [0, 0.05) is 38.3 Å². The summed E-state index contributed by atoms with van der Waals surface area (Å²) in [4.78, 5) is 13.7. The van der Waals surface area contributed by atoms with E-state index < -0.39 is 0 Å². The Balaban J connectivity index is 2.09. The van der Waals surface area contributed by atoms with Crippen LogP contribution >= 0.6 is 0 Å². The number of nitrogens with two attached hydrogens (primary N) is 1. The molecule has 1 amide bonds. The van der Waals surface area contributed by atoms with Gasteiger partial charge >= 0.3 is 0 Å². The summed E-state index contributed by atoms with van der Waals surface area (Å²) >= 11 is 0. The summed E-state index contributed by atoms with van der Waals surface area (Å²) in [5, 5.41) is 2.90. The summed E-state index contributed by atoms with van der Waals surface area (Å²) in [5.74, 6) is -0.0292. The zero-order valence-corrected chi connectivity index (χ0v) is 12.6. The number of hydrogen-bond donors (Lipinski definition) is 2. The van der Waals surface area contributed by atoms with E-state index in [0.717, 1.165) is 37.3 Å². The first-order chi connectivity index (χ1) is 9.38. The standard InChI is InChI=1S/C16H25N3O/c1-12(20)18-14-7-5-4-6-13(14)10-19-9-8-15(17)16(2,3)11-19/h4-7,15H,8-11,17H2,1-3H3,(H,18,20). The van der Waals surface area contributed by atoms with Crippen LogP contribution in [0.3, 0.4) is 0 Å². The maximum atomic E-state index is 11.3. The molecule has 1 atom stereocenters. The lowest BCUT2D eigenvalue weighted by Gasteiger charge is -2.42. The molecule has 1 aliphatic rings. The molecule has 1 aliphatic heterocycles. The number of carbonyl (C=O) groups excluding carboxylic acids is 1. The van der Waals surface area contributed by atoms with Crippen molar-refractivity contribution < 1.29 is 4.79 Å². The van der Waals surface area contributed by atoms with E-state index in [0.29, 0.717) is 0 Å². The first kappa shape index (κ1) is 15.0. The monoisotopic (exact) mass is 275 g/mol. The smallest absolute Gasteiger partial charge is 0.221 e. The number of hydrogen-bond acceptors (Lipinski definition) is 3. The van der Waals surface area contributed by atoms with Crippen molar-refractivity contribution in [3.63, 3.8) is 0 Å². The SMILES string of the molecule is CC(=O)Nc1ccccc1CN1CCC(N)C(C)(C)C1. The van der Waals surface area contributed by atoms with E-state index in [2.05, 4.69) is 30.1 Å². The number of amides is 1. The van der Waals surface area contributed by atoms with E-state index in [1.54, 1.807) is 6.92 Å². The van der Waals surface area contributed by atoms with Gasteiger partial charge < -0.3 is 11.1 Å². The molecule has 0 bridgehead atoms. The molecule has 0 saturated carbocycles. The van der Waals surface area contributed by atoms with Gasteiger partial charge in [0.2, 0.25) is 5.91 Å². The minimum absolute atomic E-state index is 0.0292. The molecule has 1 heterocycles. The third kappa shape index (κ3) is 3.58. The highest BCUT2D eigenvalue weighted by Gasteiger charge is 2.33. The second-order valence-electron chi connectivity index (χ2n) is 6.43. The van der Waals surface area contributed by atoms with Gasteiger partial charge in [-0.05, 0) is 23.5 Å². The molecule has 4 heteroatoms. The molecule has 3 N–H and O–H groups in total. The molecule has 110 valence electrons. The molecule has 1 saturated heterocycles. The number of piperidine rings is 1. The third-order valence-electron chi connectivity index (χ3n) is 4.11. The Bertz CT molecular complexity index is 484. The van der Waals surface area contributed by atoms with Crippen LogP contribution in [0, 0.1) is 5.41 Å². The molecular weight excluding hydrogens is 250 g/mol. The fourth-order valence-corrected chi connectivity index (χ4v) is 2.83. The number of anilines is 1. The van der Waals surface area contributed by atoms with Crippen molar-refractivity contribution in [1.82, 2.24) is 4.90 Å². The van der Waals surface area contributed by atoms with Gasteiger partial charge in [0.05, 0.1) is 0 Å². The topological polar surface area (TPSA) is 58.4 Å². The van der Waals surface area contributed by atoms with E-state index >= 15 is 0 Å². The van der Waals surface area contributed by atoms with E-state index in [9.17, 15) is 4.79 Å². The number of nitrogens with one attached hydrogen (secondary N) is 1. The maximum Gasteiger partial charge on any atom is 0.221 e. The summed E-state index contributed by atoms with van der Waals surface area (Å²) in [6, 6.07) is 8.26. The predicted molar refractivity (Wildman–Crippen MR) is 82.4 cm³/mol. The molecule has 2 rings (SSSR count). The molecule has 0 aromatic heterocycles. The molecular formula is C16H25N3O. The summed E-state index contributed by atoms with van der Waals surface area (Å²) in [6.07, 6.45) is 1.02. The molecule has 1 aromatic carbocycles. The predicted octanol–water partition coefficient (Wildman–Crippen LogP) is 2.20. The second kappa shape index (κ2) is 5.94. The largest absolute Gasteiger partial charge is 0.327 e. The van der Waals surface area contributed by atoms with Crippen molar-refractivity contribution in [2.75, 3.05) is 18.4 Å². The maximum absolute atomic E-state index is 11.3. The van der Waals surface area contributed by atoms with Crippen LogP contribution in [0.5, 0.6) is 0 Å². The Morgan fingerprint density at radius 1 is 1.45 bits per heavy atom. The van der Waals surface area contributed by atoms with E-state index in [4.69, 9.17) is 5.73 Å². The fourth-order valence-electron chi connectivity index (χ4n) is 2.83. The van der Waals surface area contributed by atoms with Gasteiger partial charge in [-0.3, -0.25) is 9.69 Å². The highest BCUT2D eigenvalue weighted by molar-refractivity contribution is 5.89. The molecule has 0 spiro atoms. The molecule has 4 nitrogen and oxygen atoms in total. The van der Waals surface area contributed by atoms with Crippen molar-refractivity contribution in [2.24, 2.45) is 11.1 Å². The fraction of sp³-hybridized carbons (Fsp3) is 0.562. The average Bonchev–Trinajstić information content (AvgIpc) is 2.35. The van der Waals surface area contributed by atoms with E-state index in [1.807, 2.05) is 18.2 Å². The number of rotatable bonds is 3. The first-order valence-corrected chi connectivity index (χ1v) is 7.22. The van der Waals surface area contributed by atoms with Crippen molar-refractivity contribution in [3.05, 3.63) is 29.8 Å². The summed E-state index contributed by atoms with van der Waals surface area (Å²) < 4.78 is 0. The van der Waals surface area contributed by atoms with Gasteiger partial charge in [-0.2, -0.15) is 0 Å². The minimum atomic E-state index is -0.0292. The molecule has 1 unspecified atom stereocenters. The van der Waals surface area contributed by atoms with Crippen molar-refractivity contribution in [1.29, 1.82) is 0 Å². The summed E-state index contributed by atoms with van der Waals surface area (Å²) in [7, 11) is 0. The van der Waals surface area contributed by atoms with Crippen LogP contribution in [0.25, 0.3) is 0 Å². The van der Waals surface area contributed by atoms with Gasteiger partial charge in [-0.25, -0.2) is 0 Å². The number of nitrogens with zero attached hydrogens (tertiary/aromatic N) is 1. The lowest BCUT2D eigenvalue weighted by Crippen LogP contribution is -2.52. The van der Waals surface area contributed by atoms with Crippen LogP contribution < -0.4 is 11.1 Å². The number of carbonyl (C=O) groups is 1. The van der Waals surface area contributed by atoms with Gasteiger partial charge in [0.1, 0.15) is 0 Å². The third-order valence-corrected chi connectivity index (χ3v) is 4.11. The Morgan fingerprint density at radius 3 is 2.80 bits per heavy atom. The van der Waals surface area contributed by atoms with Crippen LogP contribution in [0.1, 0.15) is 32.8 Å². The van der Waals surface area contributed by atoms with Gasteiger partial charge in [0.15, 0.2) is 0 Å². The molecule has 0 radical (unpaired) electrons. The molecule has 1 fully saturated rings. The van der Waals surface area contributed by atoms with Crippen LogP contribution in [0.15, 0.2) is 24.3 Å². The summed E-state index contributed by atoms with van der Waals surface area (Å²) in [6.45, 7) is 8.85. The Morgan fingerprint density at radius 2 is 2.15 bits per heavy atom. The Hall–Kier alpha value is -1.39. The highest BCUT2D eigenvalue weighted by atomic mass is 16.1. The highest BCUT2D eigenvalue weighted by Crippen LogP contribution is 2.29. The van der Waals surface area contributed by atoms with Crippen molar-refractivity contribution in [3.8, 4) is 0 Å². The second-order valence-corrected chi connectivity index (χ2v) is 6.43. The average molecular weight is 275 g/mol. The summed E-state index contributed by atoms with van der Waals surface area (Å²) in [5.41, 5.74) is 8.39. The molecule has 1 aromatic rings. The molecule has 0 aliphatic carbocycles. The number of benzene rings is 1. The van der Waals surface area contributed by atoms with Gasteiger partial charge in [-0.15, -0.1) is 0 Å². The van der Waals surface area contributed by atoms with Crippen molar-refractivity contribution in [2.45, 2.75) is 39.8 Å². The Kier molecular flexibility index (Phi) is 4.45. The number of para-hydroxylation sites is 1. The van der Waals surface area contributed by atoms with Gasteiger partial charge in [-0.1, -0.05) is 32.0 Å². The minimum Gasteiger partial charge on any atom is -0.327 e. The van der Waals surface area contributed by atoms with E-state index in [1.165, 1.54) is 0 Å². The molecule has 20 heavy (non-hydrogen) atoms. The lowest BCUT2D eigenvalue weighted by molar-refractivity contribution is -0.114.